The molecule has 4 rings (SSSR count). The van der Waals surface area contributed by atoms with Gasteiger partial charge in [-0.3, -0.25) is 14.0 Å². The van der Waals surface area contributed by atoms with E-state index in [1.165, 1.54) is 16.7 Å². The predicted octanol–water partition coefficient (Wildman–Crippen LogP) is 4.88. The fourth-order valence-electron chi connectivity index (χ4n) is 3.47. The summed E-state index contributed by atoms with van der Waals surface area (Å²) < 4.78 is 3.55. The molecule has 0 spiro atoms. The SMILES string of the molecule is CCn1nc(C)c2nc(SCc3ccc(C)cc3)n(Cc3ccc(C)cc3)c(=O)c21. The highest BCUT2D eigenvalue weighted by Crippen LogP contribution is 2.24. The van der Waals surface area contributed by atoms with Crippen molar-refractivity contribution in [1.82, 2.24) is 19.3 Å². The number of aryl methyl sites for hydroxylation is 4. The van der Waals surface area contributed by atoms with Crippen LogP contribution in [0.2, 0.25) is 0 Å². The molecule has 6 heteroatoms. The molecule has 0 aliphatic heterocycles. The zero-order valence-corrected chi connectivity index (χ0v) is 18.7. The van der Waals surface area contributed by atoms with E-state index in [1.54, 1.807) is 21.0 Å². The van der Waals surface area contributed by atoms with Crippen molar-refractivity contribution in [2.24, 2.45) is 0 Å². The Morgan fingerprint density at radius 2 is 1.50 bits per heavy atom. The summed E-state index contributed by atoms with van der Waals surface area (Å²) in [4.78, 5) is 18.4. The molecule has 154 valence electrons. The third-order valence-electron chi connectivity index (χ3n) is 5.23. The van der Waals surface area contributed by atoms with Crippen molar-refractivity contribution >= 4 is 22.8 Å². The molecule has 4 aromatic rings. The molecule has 5 nitrogen and oxygen atoms in total. The van der Waals surface area contributed by atoms with Crippen LogP contribution in [0.1, 0.15) is 34.9 Å². The summed E-state index contributed by atoms with van der Waals surface area (Å²) in [7, 11) is 0. The normalized spacial score (nSPS) is 11.3. The molecule has 2 aromatic carbocycles. The Morgan fingerprint density at radius 1 is 0.900 bits per heavy atom. The van der Waals surface area contributed by atoms with Gasteiger partial charge in [0.25, 0.3) is 5.56 Å². The number of aromatic nitrogens is 4. The smallest absolute Gasteiger partial charge is 0.280 e. The summed E-state index contributed by atoms with van der Waals surface area (Å²) in [6, 6.07) is 16.8. The molecule has 0 radical (unpaired) electrons. The van der Waals surface area contributed by atoms with Gasteiger partial charge in [0.1, 0.15) is 5.52 Å². The Hall–Kier alpha value is -2.86. The second kappa shape index (κ2) is 8.48. The lowest BCUT2D eigenvalue weighted by molar-refractivity contribution is 0.636. The second-order valence-electron chi connectivity index (χ2n) is 7.64. The molecular formula is C24H26N4OS. The number of thioether (sulfide) groups is 1. The molecule has 0 aliphatic carbocycles. The summed E-state index contributed by atoms with van der Waals surface area (Å²) in [6.45, 7) is 9.19. The maximum atomic E-state index is 13.5. The fourth-order valence-corrected chi connectivity index (χ4v) is 4.42. The van der Waals surface area contributed by atoms with Crippen LogP contribution in [0, 0.1) is 20.8 Å². The Morgan fingerprint density at radius 3 is 2.10 bits per heavy atom. The first-order chi connectivity index (χ1) is 14.5. The number of rotatable bonds is 6. The van der Waals surface area contributed by atoms with E-state index < -0.39 is 0 Å². The Balaban J connectivity index is 1.79. The summed E-state index contributed by atoms with van der Waals surface area (Å²) in [6.07, 6.45) is 0. The summed E-state index contributed by atoms with van der Waals surface area (Å²) in [5.74, 6) is 0.757. The van der Waals surface area contributed by atoms with Crippen LogP contribution in [0.4, 0.5) is 0 Å². The largest absolute Gasteiger partial charge is 0.281 e. The van der Waals surface area contributed by atoms with Gasteiger partial charge in [0, 0.05) is 12.3 Å². The minimum Gasteiger partial charge on any atom is -0.281 e. The number of hydrogen-bond acceptors (Lipinski definition) is 4. The van der Waals surface area contributed by atoms with Crippen molar-refractivity contribution in [3.05, 3.63) is 86.8 Å². The van der Waals surface area contributed by atoms with Gasteiger partial charge >= 0.3 is 0 Å². The van der Waals surface area contributed by atoms with Crippen molar-refractivity contribution in [2.45, 2.75) is 51.7 Å². The first-order valence-corrected chi connectivity index (χ1v) is 11.2. The minimum atomic E-state index is -0.0329. The lowest BCUT2D eigenvalue weighted by Gasteiger charge is -2.13. The average Bonchev–Trinajstić information content (AvgIpc) is 3.07. The van der Waals surface area contributed by atoms with Crippen LogP contribution in [0.5, 0.6) is 0 Å². The molecule has 0 fully saturated rings. The Kier molecular flexibility index (Phi) is 5.77. The van der Waals surface area contributed by atoms with Gasteiger partial charge in [-0.15, -0.1) is 0 Å². The number of fused-ring (bicyclic) bond motifs is 1. The van der Waals surface area contributed by atoms with E-state index in [2.05, 4.69) is 67.5 Å². The number of hydrogen-bond donors (Lipinski definition) is 0. The van der Waals surface area contributed by atoms with Gasteiger partial charge in [0.15, 0.2) is 10.7 Å². The molecule has 0 unspecified atom stereocenters. The maximum Gasteiger partial charge on any atom is 0.280 e. The van der Waals surface area contributed by atoms with Crippen LogP contribution in [-0.4, -0.2) is 19.3 Å². The van der Waals surface area contributed by atoms with E-state index in [4.69, 9.17) is 4.98 Å². The van der Waals surface area contributed by atoms with Gasteiger partial charge in [-0.05, 0) is 38.8 Å². The van der Waals surface area contributed by atoms with Crippen LogP contribution in [0.15, 0.2) is 58.5 Å². The molecule has 2 aromatic heterocycles. The Bertz CT molecular complexity index is 1240. The third-order valence-corrected chi connectivity index (χ3v) is 6.28. The van der Waals surface area contributed by atoms with Crippen LogP contribution >= 0.6 is 11.8 Å². The molecule has 0 saturated heterocycles. The lowest BCUT2D eigenvalue weighted by atomic mass is 10.1. The molecule has 30 heavy (non-hydrogen) atoms. The van der Waals surface area contributed by atoms with Gasteiger partial charge in [0.2, 0.25) is 0 Å². The van der Waals surface area contributed by atoms with Gasteiger partial charge in [-0.1, -0.05) is 71.4 Å². The quantitative estimate of drug-likeness (QED) is 0.331. The molecular weight excluding hydrogens is 392 g/mol. The van der Waals surface area contributed by atoms with Crippen LogP contribution in [0.3, 0.4) is 0 Å². The van der Waals surface area contributed by atoms with Gasteiger partial charge in [-0.2, -0.15) is 5.10 Å². The topological polar surface area (TPSA) is 52.7 Å². The molecule has 2 heterocycles. The molecule has 0 bridgehead atoms. The third kappa shape index (κ3) is 4.05. The van der Waals surface area contributed by atoms with E-state index >= 15 is 0 Å². The van der Waals surface area contributed by atoms with Crippen molar-refractivity contribution in [2.75, 3.05) is 0 Å². The van der Waals surface area contributed by atoms with Crippen molar-refractivity contribution in [1.29, 1.82) is 0 Å². The van der Waals surface area contributed by atoms with E-state index in [0.29, 0.717) is 24.1 Å². The van der Waals surface area contributed by atoms with Crippen molar-refractivity contribution in [3.8, 4) is 0 Å². The van der Waals surface area contributed by atoms with Crippen molar-refractivity contribution in [3.63, 3.8) is 0 Å². The van der Waals surface area contributed by atoms with Gasteiger partial charge in [0.05, 0.1) is 12.2 Å². The minimum absolute atomic E-state index is 0.0329. The highest BCUT2D eigenvalue weighted by Gasteiger charge is 2.18. The predicted molar refractivity (Wildman–Crippen MR) is 123 cm³/mol. The van der Waals surface area contributed by atoms with E-state index in [-0.39, 0.29) is 5.56 Å². The van der Waals surface area contributed by atoms with Crippen LogP contribution < -0.4 is 5.56 Å². The van der Waals surface area contributed by atoms with Crippen LogP contribution in [0.25, 0.3) is 11.0 Å². The molecule has 0 amide bonds. The summed E-state index contributed by atoms with van der Waals surface area (Å²) in [5.41, 5.74) is 6.78. The zero-order valence-electron chi connectivity index (χ0n) is 17.8. The van der Waals surface area contributed by atoms with Crippen LogP contribution in [-0.2, 0) is 18.8 Å². The Labute approximate surface area is 180 Å². The molecule has 0 saturated carbocycles. The highest BCUT2D eigenvalue weighted by atomic mass is 32.2. The molecule has 0 aliphatic rings. The van der Waals surface area contributed by atoms with E-state index in [0.717, 1.165) is 22.2 Å². The van der Waals surface area contributed by atoms with Gasteiger partial charge in [-0.25, -0.2) is 4.98 Å². The average molecular weight is 419 g/mol. The second-order valence-corrected chi connectivity index (χ2v) is 8.59. The zero-order chi connectivity index (χ0) is 21.3. The molecule has 0 atom stereocenters. The molecule has 0 N–H and O–H groups in total. The summed E-state index contributed by atoms with van der Waals surface area (Å²) >= 11 is 1.60. The van der Waals surface area contributed by atoms with Crippen molar-refractivity contribution < 1.29 is 0 Å². The summed E-state index contributed by atoms with van der Waals surface area (Å²) in [5, 5.41) is 5.26. The monoisotopic (exact) mass is 418 g/mol. The van der Waals surface area contributed by atoms with E-state index in [9.17, 15) is 4.79 Å². The van der Waals surface area contributed by atoms with Gasteiger partial charge < -0.3 is 0 Å². The first-order valence-electron chi connectivity index (χ1n) is 10.2. The van der Waals surface area contributed by atoms with E-state index in [1.807, 2.05) is 13.8 Å². The lowest BCUT2D eigenvalue weighted by Crippen LogP contribution is -2.25. The fraction of sp³-hybridized carbons (Fsp3) is 0.292. The first kappa shape index (κ1) is 20.4. The highest BCUT2D eigenvalue weighted by molar-refractivity contribution is 7.98. The number of benzene rings is 2. The maximum absolute atomic E-state index is 13.5. The number of nitrogens with zero attached hydrogens (tertiary/aromatic N) is 4. The standard InChI is InChI=1S/C24H26N4OS/c1-5-28-22-21(18(4)26-28)25-24(30-15-20-12-8-17(3)9-13-20)27(23(22)29)14-19-10-6-16(2)7-11-19/h6-13H,5,14-15H2,1-4H3.